The van der Waals surface area contributed by atoms with E-state index in [1.807, 2.05) is 126 Å². The van der Waals surface area contributed by atoms with Gasteiger partial charge in [0.15, 0.2) is 36.6 Å². The second kappa shape index (κ2) is 34.8. The van der Waals surface area contributed by atoms with Crippen molar-refractivity contribution in [2.75, 3.05) is 44.2 Å². The maximum atomic E-state index is 12.9. The minimum Gasteiger partial charge on any atom is -0.508 e. The minimum atomic E-state index is -1.88. The van der Waals surface area contributed by atoms with Crippen molar-refractivity contribution >= 4 is 106 Å². The Morgan fingerprint density at radius 1 is 0.505 bits per heavy atom. The number of amides is 7. The van der Waals surface area contributed by atoms with E-state index >= 15 is 0 Å². The molecule has 3 saturated heterocycles. The second-order valence-electron chi connectivity index (χ2n) is 25.2. The van der Waals surface area contributed by atoms with Gasteiger partial charge < -0.3 is 81.0 Å². The van der Waals surface area contributed by atoms with E-state index < -0.39 is 84.2 Å². The highest BCUT2D eigenvalue weighted by molar-refractivity contribution is 9.11. The maximum Gasteiger partial charge on any atom is 0.254 e. The molecule has 3 fully saturated rings. The first kappa shape index (κ1) is 75.2. The number of ether oxygens (including phenoxy) is 1. The fraction of sp³-hybridized carbons (Fsp3) is 0.384. The first-order chi connectivity index (χ1) is 47.3. The van der Waals surface area contributed by atoms with Crippen molar-refractivity contribution in [1.29, 1.82) is 0 Å². The normalized spacial score (nSPS) is 18.5. The standard InChI is InChI=1S/C25H28BrN3O5.C25H28BrN3O4.C23H27BrN2O6/c1-15(16-6-8-18(26)9-7-16)27-24(33)22(31)23(32)25(34)28-12-10-19(11-13-28)29-20-5-3-2-4-17(20)14-21(29)30;1-15(16-8-10-19(26)11-9-16)27-24(32)22(30)23(31)25(33)29-12-4-6-18(14-29)21-13-17-5-2-3-7-20(17)28-21;1-14(15-2-4-16(24)5-3-15)25-22(30)20(28)21(29)23(31)26-12-10-19(11-13-26)32-18-8-6-17(27)7-9-18/h2-9,15,19,22-23,31-32H,10-14H2,1H3,(H,27,33);2-3,5,7-11,13,15,18,22-23,28,30-31H,4,6,12,14H2,1H3,(H,27,32);2-9,14,19-21,27-29H,10-13H2,1H3,(H,25,30)/t15-,22+,23+;;14-,20+,21+/m0.0/s1. The molecule has 0 aliphatic carbocycles. The Morgan fingerprint density at radius 3 is 1.39 bits per heavy atom. The van der Waals surface area contributed by atoms with Gasteiger partial charge >= 0.3 is 0 Å². The number of phenolic OH excluding ortho intramolecular Hbond substituents is 1. The highest BCUT2D eigenvalue weighted by atomic mass is 79.9. The molecular formula is C73H83Br3N8O15. The van der Waals surface area contributed by atoms with Gasteiger partial charge in [-0.2, -0.15) is 0 Å². The molecule has 11 rings (SSSR count). The lowest BCUT2D eigenvalue weighted by Crippen LogP contribution is -2.54. The third-order valence-electron chi connectivity index (χ3n) is 18.3. The van der Waals surface area contributed by atoms with Gasteiger partial charge in [-0.05, 0) is 153 Å². The maximum absolute atomic E-state index is 12.9. The molecule has 0 bridgehead atoms. The summed E-state index contributed by atoms with van der Waals surface area (Å²) in [6.45, 7) is 7.52. The predicted octanol–water partition coefficient (Wildman–Crippen LogP) is 7.29. The van der Waals surface area contributed by atoms with Crippen molar-refractivity contribution < 1.29 is 74.0 Å². The van der Waals surface area contributed by atoms with Gasteiger partial charge in [0, 0.05) is 94.4 Å². The lowest BCUT2D eigenvalue weighted by molar-refractivity contribution is -0.154. The molecule has 11 N–H and O–H groups in total. The Kier molecular flexibility index (Phi) is 26.4. The van der Waals surface area contributed by atoms with Crippen molar-refractivity contribution in [2.45, 2.75) is 139 Å². The lowest BCUT2D eigenvalue weighted by atomic mass is 9.94. The minimum absolute atomic E-state index is 0.0303. The Morgan fingerprint density at radius 2 is 0.929 bits per heavy atom. The molecule has 10 atom stereocenters. The van der Waals surface area contributed by atoms with E-state index in [1.54, 1.807) is 37.8 Å². The van der Waals surface area contributed by atoms with E-state index in [0.717, 1.165) is 70.8 Å². The van der Waals surface area contributed by atoms with Gasteiger partial charge in [0.25, 0.3) is 35.4 Å². The zero-order chi connectivity index (χ0) is 71.2. The van der Waals surface area contributed by atoms with E-state index in [9.17, 15) is 69.3 Å². The van der Waals surface area contributed by atoms with Crippen LogP contribution in [0.4, 0.5) is 5.69 Å². The molecule has 4 aliphatic rings. The van der Waals surface area contributed by atoms with Gasteiger partial charge in [0.2, 0.25) is 5.91 Å². The van der Waals surface area contributed by atoms with E-state index in [-0.39, 0.29) is 35.8 Å². The molecule has 26 heteroatoms. The number of aromatic hydroxyl groups is 1. The zero-order valence-corrected chi connectivity index (χ0v) is 59.6. The van der Waals surface area contributed by atoms with Crippen LogP contribution < -0.4 is 25.6 Å². The number of hydrogen-bond donors (Lipinski definition) is 11. The van der Waals surface area contributed by atoms with E-state index in [4.69, 9.17) is 4.74 Å². The van der Waals surface area contributed by atoms with Crippen LogP contribution >= 0.6 is 47.8 Å². The molecule has 99 heavy (non-hydrogen) atoms. The molecule has 526 valence electrons. The molecule has 4 unspecified atom stereocenters. The highest BCUT2D eigenvalue weighted by Crippen LogP contribution is 2.35. The summed E-state index contributed by atoms with van der Waals surface area (Å²) in [7, 11) is 0. The quantitative estimate of drug-likeness (QED) is 0.0379. The third-order valence-corrected chi connectivity index (χ3v) is 19.9. The topological polar surface area (TPSA) is 335 Å². The smallest absolute Gasteiger partial charge is 0.254 e. The predicted molar refractivity (Wildman–Crippen MR) is 381 cm³/mol. The number of aromatic amines is 1. The number of anilines is 1. The first-order valence-corrected chi connectivity index (χ1v) is 35.3. The summed E-state index contributed by atoms with van der Waals surface area (Å²) in [4.78, 5) is 97.8. The number of para-hydroxylation sites is 2. The van der Waals surface area contributed by atoms with Gasteiger partial charge in [0.1, 0.15) is 17.6 Å². The number of aliphatic hydroxyl groups is 6. The highest BCUT2D eigenvalue weighted by Gasteiger charge is 2.41. The summed E-state index contributed by atoms with van der Waals surface area (Å²) in [6, 6.07) is 45.1. The average molecular weight is 1550 g/mol. The van der Waals surface area contributed by atoms with Gasteiger partial charge in [-0.3, -0.25) is 33.6 Å². The Hall–Kier alpha value is -8.05. The number of piperidine rings is 3. The summed E-state index contributed by atoms with van der Waals surface area (Å²) in [5, 5.41) is 80.5. The Bertz CT molecular complexity index is 3880. The van der Waals surface area contributed by atoms with E-state index in [1.165, 1.54) is 21.9 Å². The summed E-state index contributed by atoms with van der Waals surface area (Å²) < 4.78 is 8.57. The van der Waals surface area contributed by atoms with Crippen LogP contribution in [0.15, 0.2) is 165 Å². The monoisotopic (exact) mass is 1550 g/mol. The van der Waals surface area contributed by atoms with Gasteiger partial charge in [-0.15, -0.1) is 0 Å². The molecule has 0 spiro atoms. The number of hydrogen-bond acceptors (Lipinski definition) is 15. The molecule has 7 aromatic rings. The van der Waals surface area contributed by atoms with Gasteiger partial charge in [0.05, 0.1) is 24.5 Å². The Labute approximate surface area is 598 Å². The summed E-state index contributed by atoms with van der Waals surface area (Å²) >= 11 is 10.1. The molecule has 5 heterocycles. The van der Waals surface area contributed by atoms with E-state index in [0.29, 0.717) is 77.1 Å². The third kappa shape index (κ3) is 19.7. The number of nitrogens with zero attached hydrogens (tertiary/aromatic N) is 4. The number of rotatable bonds is 19. The van der Waals surface area contributed by atoms with Crippen LogP contribution in [0.25, 0.3) is 10.9 Å². The van der Waals surface area contributed by atoms with Crippen molar-refractivity contribution in [3.8, 4) is 11.5 Å². The number of carbonyl (C=O) groups is 7. The van der Waals surface area contributed by atoms with Crippen molar-refractivity contribution in [2.24, 2.45) is 0 Å². The number of benzene rings is 6. The first-order valence-electron chi connectivity index (χ1n) is 32.9. The number of H-pyrrole nitrogens is 1. The molecule has 1 aromatic heterocycles. The number of halogens is 3. The van der Waals surface area contributed by atoms with Gasteiger partial charge in [-0.1, -0.05) is 121 Å². The summed E-state index contributed by atoms with van der Waals surface area (Å²) in [6.07, 6.45) is -6.94. The fourth-order valence-corrected chi connectivity index (χ4v) is 13.3. The Balaban J connectivity index is 0.000000174. The largest absolute Gasteiger partial charge is 0.508 e. The van der Waals surface area contributed by atoms with Crippen LogP contribution in [0.2, 0.25) is 0 Å². The molecule has 23 nitrogen and oxygen atoms in total. The zero-order valence-electron chi connectivity index (χ0n) is 54.9. The molecule has 0 radical (unpaired) electrons. The molecule has 4 aliphatic heterocycles. The van der Waals surface area contributed by atoms with Gasteiger partial charge in [-0.25, -0.2) is 0 Å². The second-order valence-corrected chi connectivity index (χ2v) is 28.0. The van der Waals surface area contributed by atoms with Crippen LogP contribution in [-0.4, -0.2) is 185 Å². The van der Waals surface area contributed by atoms with Crippen LogP contribution in [0.3, 0.4) is 0 Å². The number of carbonyl (C=O) groups excluding carboxylic acids is 7. The van der Waals surface area contributed by atoms with Crippen molar-refractivity contribution in [1.82, 2.24) is 35.6 Å². The average Bonchev–Trinajstić information content (AvgIpc) is 1.69. The van der Waals surface area contributed by atoms with Crippen LogP contribution in [-0.2, 0) is 40.0 Å². The number of phenols is 1. The van der Waals surface area contributed by atoms with Crippen LogP contribution in [0.5, 0.6) is 11.5 Å². The lowest BCUT2D eigenvalue weighted by Gasteiger charge is -2.38. The number of fused-ring (bicyclic) bond motifs is 2. The van der Waals surface area contributed by atoms with Crippen LogP contribution in [0.1, 0.15) is 111 Å². The van der Waals surface area contributed by atoms with Crippen LogP contribution in [0, 0.1) is 0 Å². The van der Waals surface area contributed by atoms with E-state index in [2.05, 4.69) is 74.8 Å². The summed E-state index contributed by atoms with van der Waals surface area (Å²) in [5.41, 5.74) is 6.51. The molecular weight excluding hydrogens is 1470 g/mol. The molecule has 0 saturated carbocycles. The summed E-state index contributed by atoms with van der Waals surface area (Å²) in [5.74, 6) is -3.48. The molecule has 7 amide bonds. The van der Waals surface area contributed by atoms with Crippen molar-refractivity contribution in [3.05, 3.63) is 193 Å². The fourth-order valence-electron chi connectivity index (χ4n) is 12.5. The SMILES string of the molecule is CC(NC(=O)C(O)C(O)C(=O)N1CCCC(c2cc3ccccc3[nH]2)C1)c1ccc(Br)cc1.C[C@H](NC(=O)[C@H](O)[C@@H](O)C(=O)N1CCC(N2C(=O)Cc3ccccc32)CC1)c1ccc(Br)cc1.C[C@H](NC(=O)[C@H](O)[C@@H](O)C(=O)N1CCC(Oc2ccc(O)cc2)CC1)c1ccc(Br)cc1. The molecule has 6 aromatic carbocycles. The number of aliphatic hydroxyl groups excluding tert-OH is 6. The number of aromatic nitrogens is 1. The number of likely N-dealkylation sites (tertiary alicyclic amines) is 3. The number of nitrogens with one attached hydrogen (secondary N) is 4. The van der Waals surface area contributed by atoms with Crippen molar-refractivity contribution in [3.63, 3.8) is 0 Å².